The van der Waals surface area contributed by atoms with E-state index in [1.165, 1.54) is 0 Å². The van der Waals surface area contributed by atoms with Gasteiger partial charge >= 0.3 is 12.2 Å². The Hall–Kier alpha value is -2.28. The monoisotopic (exact) mass is 392 g/mol. The molecule has 1 aromatic rings. The highest BCUT2D eigenvalue weighted by Crippen LogP contribution is 2.34. The second-order valence-electron chi connectivity index (χ2n) is 8.79. The fourth-order valence-corrected chi connectivity index (χ4v) is 3.29. The Kier molecular flexibility index (Phi) is 7.29. The molecule has 0 aromatic heterocycles. The molecule has 1 saturated carbocycles. The molecular formula is C21H32N2O5. The lowest BCUT2D eigenvalue weighted by atomic mass is 9.73. The normalized spacial score (nSPS) is 21.0. The summed E-state index contributed by atoms with van der Waals surface area (Å²) >= 11 is 0. The second-order valence-corrected chi connectivity index (χ2v) is 8.79. The number of aliphatic hydroxyl groups excluding tert-OH is 1. The Morgan fingerprint density at radius 1 is 1.11 bits per heavy atom. The minimum Gasteiger partial charge on any atom is -0.445 e. The maximum absolute atomic E-state index is 12.1. The number of rotatable bonds is 7. The Bertz CT molecular complexity index is 653. The number of carbonyl (C=O) groups excluding carboxylic acids is 2. The molecule has 28 heavy (non-hydrogen) atoms. The molecule has 0 bridgehead atoms. The predicted molar refractivity (Wildman–Crippen MR) is 106 cm³/mol. The van der Waals surface area contributed by atoms with Crippen LogP contribution in [-0.2, 0) is 16.1 Å². The van der Waals surface area contributed by atoms with E-state index >= 15 is 0 Å². The van der Waals surface area contributed by atoms with Crippen LogP contribution < -0.4 is 10.6 Å². The molecule has 1 atom stereocenters. The van der Waals surface area contributed by atoms with Crippen molar-refractivity contribution in [2.75, 3.05) is 6.61 Å². The maximum Gasteiger partial charge on any atom is 0.407 e. The van der Waals surface area contributed by atoms with Gasteiger partial charge in [0, 0.05) is 6.04 Å². The summed E-state index contributed by atoms with van der Waals surface area (Å²) in [6.45, 7) is 7.27. The van der Waals surface area contributed by atoms with Crippen molar-refractivity contribution >= 4 is 12.2 Å². The molecule has 1 aromatic carbocycles. The van der Waals surface area contributed by atoms with Crippen molar-refractivity contribution < 1.29 is 24.2 Å². The third kappa shape index (κ3) is 7.38. The predicted octanol–water partition coefficient (Wildman–Crippen LogP) is 3.36. The molecule has 0 saturated heterocycles. The molecule has 2 rings (SSSR count). The maximum atomic E-state index is 12.1. The summed E-state index contributed by atoms with van der Waals surface area (Å²) < 4.78 is 10.5. The number of alkyl carbamates (subject to hydrolysis) is 2. The largest absolute Gasteiger partial charge is 0.445 e. The van der Waals surface area contributed by atoms with Crippen molar-refractivity contribution in [3.8, 4) is 0 Å². The van der Waals surface area contributed by atoms with Gasteiger partial charge in [0.05, 0.1) is 12.1 Å². The molecule has 2 amide bonds. The molecule has 3 N–H and O–H groups in total. The van der Waals surface area contributed by atoms with Gasteiger partial charge in [-0.1, -0.05) is 30.3 Å². The van der Waals surface area contributed by atoms with Gasteiger partial charge in [-0.15, -0.1) is 0 Å². The van der Waals surface area contributed by atoms with Gasteiger partial charge in [-0.25, -0.2) is 9.59 Å². The average molecular weight is 392 g/mol. The average Bonchev–Trinajstić information content (AvgIpc) is 2.57. The first-order valence-corrected chi connectivity index (χ1v) is 9.68. The SMILES string of the molecule is CC(C)(C)OC(=O)NC1CC(C[C@](C)(CO)NC(=O)OCc2ccccc2)C1. The van der Waals surface area contributed by atoms with Crippen LogP contribution in [0.15, 0.2) is 30.3 Å². The second kappa shape index (κ2) is 9.28. The van der Waals surface area contributed by atoms with Crippen LogP contribution >= 0.6 is 0 Å². The van der Waals surface area contributed by atoms with E-state index in [1.54, 1.807) is 6.92 Å². The Morgan fingerprint density at radius 3 is 2.32 bits per heavy atom. The first-order valence-electron chi connectivity index (χ1n) is 9.68. The summed E-state index contributed by atoms with van der Waals surface area (Å²) in [4.78, 5) is 23.9. The highest BCUT2D eigenvalue weighted by Gasteiger charge is 2.37. The number of hydrogen-bond donors (Lipinski definition) is 3. The number of nitrogens with one attached hydrogen (secondary N) is 2. The van der Waals surface area contributed by atoms with E-state index in [4.69, 9.17) is 9.47 Å². The fraction of sp³-hybridized carbons (Fsp3) is 0.619. The molecule has 7 heteroatoms. The van der Waals surface area contributed by atoms with Gasteiger partial charge in [-0.2, -0.15) is 0 Å². The summed E-state index contributed by atoms with van der Waals surface area (Å²) in [5, 5.41) is 15.4. The number of amides is 2. The van der Waals surface area contributed by atoms with Crippen LogP contribution in [0.1, 0.15) is 52.5 Å². The van der Waals surface area contributed by atoms with Crippen LogP contribution in [0.25, 0.3) is 0 Å². The third-order valence-corrected chi connectivity index (χ3v) is 4.66. The zero-order valence-electron chi connectivity index (χ0n) is 17.2. The number of hydrogen-bond acceptors (Lipinski definition) is 5. The van der Waals surface area contributed by atoms with Crippen LogP contribution in [0, 0.1) is 5.92 Å². The van der Waals surface area contributed by atoms with Gasteiger partial charge in [0.15, 0.2) is 0 Å². The van der Waals surface area contributed by atoms with E-state index in [0.29, 0.717) is 12.3 Å². The number of benzene rings is 1. The molecule has 0 spiro atoms. The highest BCUT2D eigenvalue weighted by molar-refractivity contribution is 5.68. The van der Waals surface area contributed by atoms with Crippen LogP contribution in [0.3, 0.4) is 0 Å². The van der Waals surface area contributed by atoms with E-state index in [-0.39, 0.29) is 19.3 Å². The molecule has 7 nitrogen and oxygen atoms in total. The van der Waals surface area contributed by atoms with Gasteiger partial charge in [-0.05, 0) is 58.4 Å². The van der Waals surface area contributed by atoms with Crippen molar-refractivity contribution in [3.63, 3.8) is 0 Å². The quantitative estimate of drug-likeness (QED) is 0.661. The van der Waals surface area contributed by atoms with Gasteiger partial charge in [0.1, 0.15) is 12.2 Å². The Labute approximate surface area is 166 Å². The minimum absolute atomic E-state index is 0.0628. The lowest BCUT2D eigenvalue weighted by Gasteiger charge is -2.41. The molecule has 0 heterocycles. The molecular weight excluding hydrogens is 360 g/mol. The van der Waals surface area contributed by atoms with Gasteiger partial charge in [0.25, 0.3) is 0 Å². The van der Waals surface area contributed by atoms with Crippen LogP contribution in [-0.4, -0.2) is 41.1 Å². The molecule has 0 unspecified atom stereocenters. The number of ether oxygens (including phenoxy) is 2. The summed E-state index contributed by atoms with van der Waals surface area (Å²) in [6, 6.07) is 9.48. The standard InChI is InChI=1S/C21H32N2O5/c1-20(2,3)28-18(25)22-17-10-16(11-17)12-21(4,14-24)23-19(26)27-13-15-8-6-5-7-9-15/h5-9,16-17,24H,10-14H2,1-4H3,(H,22,25)(H,23,26)/t16?,17?,21-/m1/s1. The first-order chi connectivity index (χ1) is 13.1. The van der Waals surface area contributed by atoms with E-state index < -0.39 is 23.3 Å². The zero-order chi connectivity index (χ0) is 20.8. The van der Waals surface area contributed by atoms with E-state index in [1.807, 2.05) is 51.1 Å². The summed E-state index contributed by atoms with van der Waals surface area (Å²) in [6.07, 6.45) is 1.22. The van der Waals surface area contributed by atoms with Crippen LogP contribution in [0.5, 0.6) is 0 Å². The first kappa shape index (κ1) is 22.0. The molecule has 1 fully saturated rings. The van der Waals surface area contributed by atoms with E-state index in [0.717, 1.165) is 18.4 Å². The lowest BCUT2D eigenvalue weighted by molar-refractivity contribution is 0.0421. The van der Waals surface area contributed by atoms with Crippen molar-refractivity contribution in [2.24, 2.45) is 5.92 Å². The van der Waals surface area contributed by atoms with Gasteiger partial charge in [0.2, 0.25) is 0 Å². The van der Waals surface area contributed by atoms with Crippen LogP contribution in [0.4, 0.5) is 9.59 Å². The molecule has 1 aliphatic rings. The Balaban J connectivity index is 1.72. The Morgan fingerprint density at radius 2 is 1.75 bits per heavy atom. The third-order valence-electron chi connectivity index (χ3n) is 4.66. The smallest absolute Gasteiger partial charge is 0.407 e. The van der Waals surface area contributed by atoms with Gasteiger partial charge in [-0.3, -0.25) is 0 Å². The van der Waals surface area contributed by atoms with E-state index in [2.05, 4.69) is 10.6 Å². The summed E-state index contributed by atoms with van der Waals surface area (Å²) in [5.41, 5.74) is -0.388. The van der Waals surface area contributed by atoms with E-state index in [9.17, 15) is 14.7 Å². The molecule has 1 aliphatic carbocycles. The topological polar surface area (TPSA) is 96.9 Å². The van der Waals surface area contributed by atoms with Crippen molar-refractivity contribution in [3.05, 3.63) is 35.9 Å². The molecule has 0 aliphatic heterocycles. The van der Waals surface area contributed by atoms with Crippen molar-refractivity contribution in [1.82, 2.24) is 10.6 Å². The van der Waals surface area contributed by atoms with Gasteiger partial charge < -0.3 is 25.2 Å². The zero-order valence-corrected chi connectivity index (χ0v) is 17.2. The number of aliphatic hydroxyl groups is 1. The summed E-state index contributed by atoms with van der Waals surface area (Å²) in [5.74, 6) is 0.298. The minimum atomic E-state index is -0.769. The van der Waals surface area contributed by atoms with Crippen molar-refractivity contribution in [1.29, 1.82) is 0 Å². The molecule has 0 radical (unpaired) electrons. The van der Waals surface area contributed by atoms with Crippen LogP contribution in [0.2, 0.25) is 0 Å². The fourth-order valence-electron chi connectivity index (χ4n) is 3.29. The highest BCUT2D eigenvalue weighted by atomic mass is 16.6. The lowest BCUT2D eigenvalue weighted by Crippen LogP contribution is -2.53. The van der Waals surface area contributed by atoms with Crippen molar-refractivity contribution in [2.45, 2.75) is 70.7 Å². The number of carbonyl (C=O) groups is 2. The summed E-state index contributed by atoms with van der Waals surface area (Å²) in [7, 11) is 0. The molecule has 156 valence electrons.